The molecular formula is C20H22Cl2FN3O3S2. The number of carbonyl (C=O) groups excluding carboxylic acids is 1. The minimum Gasteiger partial charge on any atom is -0.308 e. The van der Waals surface area contributed by atoms with Crippen molar-refractivity contribution in [3.63, 3.8) is 0 Å². The van der Waals surface area contributed by atoms with Crippen molar-refractivity contribution in [2.24, 2.45) is 0 Å². The Morgan fingerprint density at radius 1 is 1.13 bits per heavy atom. The minimum atomic E-state index is -3.93. The molecule has 0 saturated heterocycles. The van der Waals surface area contributed by atoms with Gasteiger partial charge in [-0.15, -0.1) is 12.4 Å². The molecule has 2 aromatic carbocycles. The van der Waals surface area contributed by atoms with Crippen molar-refractivity contribution in [2.75, 3.05) is 37.8 Å². The Balaban J connectivity index is 0.00000341. The molecule has 1 heterocycles. The molecule has 0 bridgehead atoms. The van der Waals surface area contributed by atoms with Crippen LogP contribution in [0.1, 0.15) is 5.56 Å². The second kappa shape index (κ2) is 10.2. The third-order valence-electron chi connectivity index (χ3n) is 4.47. The highest BCUT2D eigenvalue weighted by Crippen LogP contribution is 2.35. The largest absolute Gasteiger partial charge is 0.308 e. The van der Waals surface area contributed by atoms with Gasteiger partial charge in [0.1, 0.15) is 11.6 Å². The highest BCUT2D eigenvalue weighted by Gasteiger charge is 2.27. The number of aromatic nitrogens is 1. The maximum absolute atomic E-state index is 13.1. The van der Waals surface area contributed by atoms with E-state index in [0.29, 0.717) is 22.2 Å². The number of amides is 1. The molecule has 1 amide bonds. The summed E-state index contributed by atoms with van der Waals surface area (Å²) in [6, 6.07) is 8.04. The van der Waals surface area contributed by atoms with Crippen molar-refractivity contribution in [2.45, 2.75) is 11.8 Å². The molecule has 31 heavy (non-hydrogen) atoms. The summed E-state index contributed by atoms with van der Waals surface area (Å²) >= 11 is 7.53. The van der Waals surface area contributed by atoms with Crippen LogP contribution in [-0.2, 0) is 14.6 Å². The van der Waals surface area contributed by atoms with Crippen molar-refractivity contribution < 1.29 is 17.6 Å². The molecule has 11 heteroatoms. The summed E-state index contributed by atoms with van der Waals surface area (Å²) in [7, 11) is -0.218. The van der Waals surface area contributed by atoms with Crippen LogP contribution < -0.4 is 4.90 Å². The molecule has 0 N–H and O–H groups in total. The zero-order valence-electron chi connectivity index (χ0n) is 17.1. The Hall–Kier alpha value is -1.78. The van der Waals surface area contributed by atoms with E-state index >= 15 is 0 Å². The topological polar surface area (TPSA) is 70.6 Å². The lowest BCUT2D eigenvalue weighted by Crippen LogP contribution is -2.40. The van der Waals surface area contributed by atoms with Gasteiger partial charge in [0.15, 0.2) is 15.0 Å². The van der Waals surface area contributed by atoms with Crippen molar-refractivity contribution in [1.29, 1.82) is 0 Å². The third kappa shape index (κ3) is 5.93. The molecule has 3 rings (SSSR count). The van der Waals surface area contributed by atoms with Gasteiger partial charge in [-0.25, -0.2) is 17.8 Å². The van der Waals surface area contributed by atoms with Gasteiger partial charge in [-0.05, 0) is 56.9 Å². The van der Waals surface area contributed by atoms with Crippen LogP contribution in [0.5, 0.6) is 0 Å². The van der Waals surface area contributed by atoms with Gasteiger partial charge in [0.25, 0.3) is 0 Å². The lowest BCUT2D eigenvalue weighted by atomic mass is 10.2. The predicted molar refractivity (Wildman–Crippen MR) is 126 cm³/mol. The number of fused-ring (bicyclic) bond motifs is 1. The lowest BCUT2D eigenvalue weighted by Gasteiger charge is -2.22. The number of rotatable bonds is 7. The van der Waals surface area contributed by atoms with Crippen LogP contribution in [0, 0.1) is 12.7 Å². The number of likely N-dealkylation sites (N-methyl/N-ethyl adjacent to an activating group) is 1. The first-order valence-electron chi connectivity index (χ1n) is 9.07. The molecular weight excluding hydrogens is 484 g/mol. The number of carbonyl (C=O) groups is 1. The van der Waals surface area contributed by atoms with Crippen LogP contribution in [0.3, 0.4) is 0 Å². The fourth-order valence-corrected chi connectivity index (χ4v) is 5.36. The number of hydrogen-bond acceptors (Lipinski definition) is 6. The SMILES string of the molecule is Cc1ccc(Cl)c2sc(N(CCN(C)C)C(=O)CS(=O)(=O)c3ccc(F)cc3)nc12.Cl. The highest BCUT2D eigenvalue weighted by atomic mass is 35.5. The molecule has 0 saturated carbocycles. The molecule has 1 aromatic heterocycles. The molecule has 0 atom stereocenters. The van der Waals surface area contributed by atoms with Gasteiger partial charge >= 0.3 is 0 Å². The maximum Gasteiger partial charge on any atom is 0.244 e. The monoisotopic (exact) mass is 505 g/mol. The van der Waals surface area contributed by atoms with Crippen LogP contribution in [0.25, 0.3) is 10.2 Å². The average Bonchev–Trinajstić information content (AvgIpc) is 3.11. The van der Waals surface area contributed by atoms with Crippen molar-refractivity contribution >= 4 is 66.4 Å². The van der Waals surface area contributed by atoms with Crippen molar-refractivity contribution in [3.8, 4) is 0 Å². The molecule has 168 valence electrons. The van der Waals surface area contributed by atoms with Crippen LogP contribution in [0.15, 0.2) is 41.3 Å². The van der Waals surface area contributed by atoms with Crippen molar-refractivity contribution in [3.05, 3.63) is 52.8 Å². The van der Waals surface area contributed by atoms with Crippen LogP contribution in [0.2, 0.25) is 5.02 Å². The minimum absolute atomic E-state index is 0. The fourth-order valence-electron chi connectivity index (χ4n) is 2.80. The van der Waals surface area contributed by atoms with Gasteiger partial charge < -0.3 is 4.90 Å². The van der Waals surface area contributed by atoms with Crippen LogP contribution in [-0.4, -0.2) is 57.1 Å². The highest BCUT2D eigenvalue weighted by molar-refractivity contribution is 7.92. The van der Waals surface area contributed by atoms with Crippen LogP contribution >= 0.6 is 35.3 Å². The molecule has 0 radical (unpaired) electrons. The van der Waals surface area contributed by atoms with E-state index in [-0.39, 0.29) is 23.8 Å². The Morgan fingerprint density at radius 3 is 2.35 bits per heavy atom. The van der Waals surface area contributed by atoms with E-state index in [4.69, 9.17) is 11.6 Å². The Labute approximate surface area is 196 Å². The van der Waals surface area contributed by atoms with Gasteiger partial charge in [-0.2, -0.15) is 0 Å². The summed E-state index contributed by atoms with van der Waals surface area (Å²) in [6.45, 7) is 2.68. The lowest BCUT2D eigenvalue weighted by molar-refractivity contribution is -0.116. The molecule has 0 unspecified atom stereocenters. The predicted octanol–water partition coefficient (Wildman–Crippen LogP) is 4.19. The smallest absolute Gasteiger partial charge is 0.244 e. The average molecular weight is 506 g/mol. The molecule has 0 aliphatic heterocycles. The van der Waals surface area contributed by atoms with Gasteiger partial charge in [-0.3, -0.25) is 9.69 Å². The number of halogens is 3. The number of sulfone groups is 1. The second-order valence-corrected chi connectivity index (χ2v) is 10.5. The van der Waals surface area contributed by atoms with Gasteiger partial charge in [0.2, 0.25) is 5.91 Å². The molecule has 0 aliphatic rings. The van der Waals surface area contributed by atoms with E-state index in [0.717, 1.165) is 34.5 Å². The molecule has 0 fully saturated rings. The number of benzene rings is 2. The molecule has 3 aromatic rings. The summed E-state index contributed by atoms with van der Waals surface area (Å²) < 4.78 is 39.3. The maximum atomic E-state index is 13.1. The van der Waals surface area contributed by atoms with E-state index in [1.54, 1.807) is 6.07 Å². The standard InChI is InChI=1S/C20H21ClFN3O3S2.ClH/c1-13-4-9-16(21)19-18(13)23-20(29-19)25(11-10-24(2)3)17(26)12-30(27,28)15-7-5-14(22)6-8-15;/h4-9H,10-12H2,1-3H3;1H. The Kier molecular flexibility index (Phi) is 8.40. The van der Waals surface area contributed by atoms with Crippen LogP contribution in [0.4, 0.5) is 9.52 Å². The molecule has 0 spiro atoms. The molecule has 0 aliphatic carbocycles. The normalized spacial score (nSPS) is 11.5. The number of nitrogens with zero attached hydrogens (tertiary/aromatic N) is 3. The third-order valence-corrected chi connectivity index (χ3v) is 7.63. The summed E-state index contributed by atoms with van der Waals surface area (Å²) in [5, 5.41) is 0.917. The van der Waals surface area contributed by atoms with E-state index < -0.39 is 27.3 Å². The summed E-state index contributed by atoms with van der Waals surface area (Å²) in [4.78, 5) is 20.8. The first kappa shape index (κ1) is 25.5. The fraction of sp³-hybridized carbons (Fsp3) is 0.300. The molecule has 6 nitrogen and oxygen atoms in total. The number of aryl methyl sites for hydroxylation is 1. The van der Waals surface area contributed by atoms with Gasteiger partial charge in [-0.1, -0.05) is 29.0 Å². The van der Waals surface area contributed by atoms with Crippen molar-refractivity contribution in [1.82, 2.24) is 9.88 Å². The summed E-state index contributed by atoms with van der Waals surface area (Å²) in [6.07, 6.45) is 0. The Morgan fingerprint density at radius 2 is 1.77 bits per heavy atom. The van der Waals surface area contributed by atoms with Gasteiger partial charge in [0.05, 0.1) is 20.1 Å². The summed E-state index contributed by atoms with van der Waals surface area (Å²) in [5.74, 6) is -1.89. The first-order chi connectivity index (χ1) is 14.1. The summed E-state index contributed by atoms with van der Waals surface area (Å²) in [5.41, 5.74) is 1.60. The number of anilines is 1. The Bertz CT molecular complexity index is 1140. The van der Waals surface area contributed by atoms with E-state index in [1.165, 1.54) is 16.2 Å². The number of hydrogen-bond donors (Lipinski definition) is 0. The van der Waals surface area contributed by atoms with Gasteiger partial charge in [0, 0.05) is 13.1 Å². The van der Waals surface area contributed by atoms with E-state index in [1.807, 2.05) is 32.0 Å². The quantitative estimate of drug-likeness (QED) is 0.450. The second-order valence-electron chi connectivity index (χ2n) is 7.10. The van der Waals surface area contributed by atoms with E-state index in [2.05, 4.69) is 4.98 Å². The first-order valence-corrected chi connectivity index (χ1v) is 11.9. The van der Waals surface area contributed by atoms with E-state index in [9.17, 15) is 17.6 Å². The zero-order valence-corrected chi connectivity index (χ0v) is 20.3. The zero-order chi connectivity index (χ0) is 22.1. The number of thiazole rings is 1.